The van der Waals surface area contributed by atoms with Crippen molar-refractivity contribution in [1.29, 1.82) is 0 Å². The topological polar surface area (TPSA) is 69.4 Å². The van der Waals surface area contributed by atoms with Crippen molar-refractivity contribution in [3.05, 3.63) is 33.9 Å². The molecule has 6 heteroatoms. The lowest BCUT2D eigenvalue weighted by molar-refractivity contribution is -0.384. The number of hydrogen-bond acceptors (Lipinski definition) is 4. The third-order valence-electron chi connectivity index (χ3n) is 1.90. The average Bonchev–Trinajstić information content (AvgIpc) is 2.28. The number of alkyl halides is 1. The zero-order valence-corrected chi connectivity index (χ0v) is 10.2. The monoisotopic (exact) mass is 287 g/mol. The molecule has 1 rings (SSSR count). The molecule has 86 valence electrons. The van der Waals surface area contributed by atoms with E-state index in [0.29, 0.717) is 12.4 Å². The predicted octanol–water partition coefficient (Wildman–Crippen LogP) is 2.57. The van der Waals surface area contributed by atoms with E-state index in [1.807, 2.05) is 0 Å². The second-order valence-corrected chi connectivity index (χ2v) is 3.49. The van der Waals surface area contributed by atoms with Crippen LogP contribution < -0.4 is 4.74 Å². The highest BCUT2D eigenvalue weighted by Crippen LogP contribution is 2.25. The standard InChI is InChI=1S/C10H10BrNO4/c1-2-16-10-4-3-7(12(14)15)5-8(10)9(13)6-11/h3-5H,2,6H2,1H3. The van der Waals surface area contributed by atoms with E-state index < -0.39 is 4.92 Å². The number of ketones is 1. The lowest BCUT2D eigenvalue weighted by Gasteiger charge is -2.07. The summed E-state index contributed by atoms with van der Waals surface area (Å²) in [6, 6.07) is 3.99. The fourth-order valence-electron chi connectivity index (χ4n) is 1.20. The lowest BCUT2D eigenvalue weighted by atomic mass is 10.1. The number of carbonyl (C=O) groups is 1. The third kappa shape index (κ3) is 2.79. The van der Waals surface area contributed by atoms with E-state index in [0.717, 1.165) is 0 Å². The minimum Gasteiger partial charge on any atom is -0.493 e. The van der Waals surface area contributed by atoms with Crippen molar-refractivity contribution in [2.24, 2.45) is 0 Å². The molecule has 0 unspecified atom stereocenters. The zero-order chi connectivity index (χ0) is 12.1. The number of rotatable bonds is 5. The molecular formula is C10H10BrNO4. The minimum atomic E-state index is -0.541. The molecule has 16 heavy (non-hydrogen) atoms. The first-order valence-corrected chi connectivity index (χ1v) is 5.72. The summed E-state index contributed by atoms with van der Waals surface area (Å²) >= 11 is 3.02. The predicted molar refractivity (Wildman–Crippen MR) is 62.4 cm³/mol. The summed E-state index contributed by atoms with van der Waals surface area (Å²) in [5, 5.41) is 10.7. The van der Waals surface area contributed by atoms with E-state index in [-0.39, 0.29) is 22.4 Å². The van der Waals surface area contributed by atoms with Crippen molar-refractivity contribution >= 4 is 27.4 Å². The van der Waals surface area contributed by atoms with Crippen LogP contribution in [0.1, 0.15) is 17.3 Å². The minimum absolute atomic E-state index is 0.105. The van der Waals surface area contributed by atoms with Crippen LogP contribution in [0.5, 0.6) is 5.75 Å². The molecule has 0 aliphatic carbocycles. The molecule has 0 radical (unpaired) electrons. The maximum Gasteiger partial charge on any atom is 0.270 e. The van der Waals surface area contributed by atoms with Gasteiger partial charge in [-0.25, -0.2) is 0 Å². The van der Waals surface area contributed by atoms with Crippen LogP contribution in [0.2, 0.25) is 0 Å². The van der Waals surface area contributed by atoms with Crippen LogP contribution in [0.25, 0.3) is 0 Å². The second-order valence-electron chi connectivity index (χ2n) is 2.93. The Balaban J connectivity index is 3.20. The molecule has 0 heterocycles. The zero-order valence-electron chi connectivity index (χ0n) is 8.60. The largest absolute Gasteiger partial charge is 0.493 e. The van der Waals surface area contributed by atoms with Crippen molar-refractivity contribution < 1.29 is 14.5 Å². The molecule has 0 atom stereocenters. The summed E-state index contributed by atoms with van der Waals surface area (Å²) in [5.74, 6) is 0.129. The number of Topliss-reactive ketones (excluding diaryl/α,β-unsaturated/α-hetero) is 1. The van der Waals surface area contributed by atoms with Gasteiger partial charge in [0.2, 0.25) is 0 Å². The average molecular weight is 288 g/mol. The van der Waals surface area contributed by atoms with Gasteiger partial charge in [0.25, 0.3) is 5.69 Å². The van der Waals surface area contributed by atoms with E-state index >= 15 is 0 Å². The lowest BCUT2D eigenvalue weighted by Crippen LogP contribution is -2.05. The summed E-state index contributed by atoms with van der Waals surface area (Å²) in [6.07, 6.45) is 0. The molecule has 0 bridgehead atoms. The summed E-state index contributed by atoms with van der Waals surface area (Å²) in [6.45, 7) is 2.18. The van der Waals surface area contributed by atoms with Gasteiger partial charge in [-0.05, 0) is 13.0 Å². The smallest absolute Gasteiger partial charge is 0.270 e. The number of non-ortho nitro benzene ring substituents is 1. The second kappa shape index (κ2) is 5.60. The highest BCUT2D eigenvalue weighted by molar-refractivity contribution is 9.09. The SMILES string of the molecule is CCOc1ccc([N+](=O)[O-])cc1C(=O)CBr. The highest BCUT2D eigenvalue weighted by atomic mass is 79.9. The van der Waals surface area contributed by atoms with Gasteiger partial charge in [0.15, 0.2) is 5.78 Å². The van der Waals surface area contributed by atoms with Crippen LogP contribution in [0.4, 0.5) is 5.69 Å². The van der Waals surface area contributed by atoms with Gasteiger partial charge in [0.1, 0.15) is 5.75 Å². The maximum absolute atomic E-state index is 11.5. The van der Waals surface area contributed by atoms with Crippen molar-refractivity contribution in [3.63, 3.8) is 0 Å². The molecule has 0 saturated carbocycles. The first kappa shape index (κ1) is 12.6. The van der Waals surface area contributed by atoms with Gasteiger partial charge in [-0.15, -0.1) is 0 Å². The highest BCUT2D eigenvalue weighted by Gasteiger charge is 2.16. The molecule has 0 N–H and O–H groups in total. The summed E-state index contributed by atoms with van der Waals surface area (Å²) < 4.78 is 5.23. The molecule has 0 saturated heterocycles. The van der Waals surface area contributed by atoms with Gasteiger partial charge >= 0.3 is 0 Å². The normalized spacial score (nSPS) is 9.88. The first-order chi connectivity index (χ1) is 7.60. The molecule has 0 amide bonds. The number of hydrogen-bond donors (Lipinski definition) is 0. The Bertz CT molecular complexity index is 419. The third-order valence-corrected chi connectivity index (χ3v) is 2.40. The number of benzene rings is 1. The van der Waals surface area contributed by atoms with Crippen molar-refractivity contribution in [1.82, 2.24) is 0 Å². The molecule has 0 aliphatic heterocycles. The number of nitro benzene ring substituents is 1. The van der Waals surface area contributed by atoms with E-state index in [4.69, 9.17) is 4.74 Å². The quantitative estimate of drug-likeness (QED) is 0.361. The fourth-order valence-corrected chi connectivity index (χ4v) is 1.50. The number of carbonyl (C=O) groups excluding carboxylic acids is 1. The fraction of sp³-hybridized carbons (Fsp3) is 0.300. The van der Waals surface area contributed by atoms with Gasteiger partial charge in [-0.3, -0.25) is 14.9 Å². The number of nitro groups is 1. The number of halogens is 1. The summed E-state index contributed by atoms with van der Waals surface area (Å²) in [7, 11) is 0. The van der Waals surface area contributed by atoms with Crippen LogP contribution in [0.3, 0.4) is 0 Å². The van der Waals surface area contributed by atoms with E-state index in [9.17, 15) is 14.9 Å². The van der Waals surface area contributed by atoms with Crippen molar-refractivity contribution in [3.8, 4) is 5.75 Å². The molecule has 1 aromatic carbocycles. The molecule has 0 aromatic heterocycles. The van der Waals surface area contributed by atoms with Gasteiger partial charge in [-0.2, -0.15) is 0 Å². The van der Waals surface area contributed by atoms with Crippen molar-refractivity contribution in [2.75, 3.05) is 11.9 Å². The van der Waals surface area contributed by atoms with Gasteiger partial charge < -0.3 is 4.74 Å². The molecule has 0 spiro atoms. The number of nitrogens with zero attached hydrogens (tertiary/aromatic N) is 1. The Morgan fingerprint density at radius 2 is 2.25 bits per heavy atom. The Labute approximate surface area is 101 Å². The van der Waals surface area contributed by atoms with E-state index in [1.54, 1.807) is 6.92 Å². The molecule has 5 nitrogen and oxygen atoms in total. The summed E-state index contributed by atoms with van der Waals surface area (Å²) in [5.41, 5.74) is 0.112. The Hall–Kier alpha value is -1.43. The molecule has 1 aromatic rings. The summed E-state index contributed by atoms with van der Waals surface area (Å²) in [4.78, 5) is 21.6. The first-order valence-electron chi connectivity index (χ1n) is 4.60. The Morgan fingerprint density at radius 3 is 2.75 bits per heavy atom. The molecular weight excluding hydrogens is 278 g/mol. The van der Waals surface area contributed by atoms with Crippen LogP contribution in [0.15, 0.2) is 18.2 Å². The van der Waals surface area contributed by atoms with E-state index in [2.05, 4.69) is 15.9 Å². The van der Waals surface area contributed by atoms with Crippen LogP contribution >= 0.6 is 15.9 Å². The van der Waals surface area contributed by atoms with Gasteiger partial charge in [0, 0.05) is 12.1 Å². The Kier molecular flexibility index (Phi) is 4.42. The number of ether oxygens (including phenoxy) is 1. The van der Waals surface area contributed by atoms with Gasteiger partial charge in [-0.1, -0.05) is 15.9 Å². The maximum atomic E-state index is 11.5. The van der Waals surface area contributed by atoms with Crippen LogP contribution in [-0.4, -0.2) is 22.6 Å². The van der Waals surface area contributed by atoms with Gasteiger partial charge in [0.05, 0.1) is 22.4 Å². The van der Waals surface area contributed by atoms with Crippen LogP contribution in [-0.2, 0) is 0 Å². The van der Waals surface area contributed by atoms with Crippen LogP contribution in [0, 0.1) is 10.1 Å². The van der Waals surface area contributed by atoms with Crippen molar-refractivity contribution in [2.45, 2.75) is 6.92 Å². The molecule has 0 fully saturated rings. The van der Waals surface area contributed by atoms with E-state index in [1.165, 1.54) is 18.2 Å². The Morgan fingerprint density at radius 1 is 1.56 bits per heavy atom. The molecule has 0 aliphatic rings.